The van der Waals surface area contributed by atoms with Crippen molar-refractivity contribution >= 4 is 0 Å². The quantitative estimate of drug-likeness (QED) is 0.521. The van der Waals surface area contributed by atoms with Crippen LogP contribution in [0.1, 0.15) is 74.1 Å². The van der Waals surface area contributed by atoms with Crippen molar-refractivity contribution in [2.24, 2.45) is 23.2 Å². The Morgan fingerprint density at radius 3 is 1.87 bits per heavy atom. The summed E-state index contributed by atoms with van der Waals surface area (Å²) in [5, 5.41) is 0. The molecule has 0 heterocycles. The first-order valence-corrected chi connectivity index (χ1v) is 6.81. The fourth-order valence-electron chi connectivity index (χ4n) is 1.86. The van der Waals surface area contributed by atoms with Crippen LogP contribution in [0.25, 0.3) is 0 Å². The molecule has 0 spiro atoms. The molecular weight excluding hydrogens is 180 g/mol. The average molecular weight is 212 g/mol. The summed E-state index contributed by atoms with van der Waals surface area (Å²) in [5.74, 6) is 2.60. The maximum absolute atomic E-state index is 2.41. The van der Waals surface area contributed by atoms with Gasteiger partial charge < -0.3 is 0 Å². The molecule has 0 aliphatic carbocycles. The predicted molar refractivity (Wildman–Crippen MR) is 71.1 cm³/mol. The summed E-state index contributed by atoms with van der Waals surface area (Å²) in [4.78, 5) is 0. The van der Waals surface area contributed by atoms with Gasteiger partial charge in [0.1, 0.15) is 0 Å². The molecule has 0 radical (unpaired) electrons. The third-order valence-electron chi connectivity index (χ3n) is 4.66. The lowest BCUT2D eigenvalue weighted by Crippen LogP contribution is -2.19. The minimum atomic E-state index is 0.523. The van der Waals surface area contributed by atoms with Gasteiger partial charge in [0.15, 0.2) is 0 Å². The van der Waals surface area contributed by atoms with E-state index in [0.717, 1.165) is 17.8 Å². The maximum atomic E-state index is 2.41. The van der Waals surface area contributed by atoms with Crippen LogP contribution in [0.3, 0.4) is 0 Å². The van der Waals surface area contributed by atoms with Gasteiger partial charge >= 0.3 is 0 Å². The standard InChI is InChI=1S/C15H32/c1-8-13(4)14(5)10-9-11-15(6,7)12(2)3/h12-14H,8-11H2,1-7H3. The Kier molecular flexibility index (Phi) is 6.55. The van der Waals surface area contributed by atoms with Crippen LogP contribution in [0, 0.1) is 23.2 Å². The molecule has 0 aliphatic heterocycles. The van der Waals surface area contributed by atoms with Crippen LogP contribution in [0.5, 0.6) is 0 Å². The molecule has 2 unspecified atom stereocenters. The second kappa shape index (κ2) is 6.55. The lowest BCUT2D eigenvalue weighted by Gasteiger charge is -2.30. The van der Waals surface area contributed by atoms with Crippen LogP contribution in [0.15, 0.2) is 0 Å². The van der Waals surface area contributed by atoms with E-state index in [0.29, 0.717) is 5.41 Å². The van der Waals surface area contributed by atoms with Gasteiger partial charge in [-0.2, -0.15) is 0 Å². The van der Waals surface area contributed by atoms with Crippen LogP contribution < -0.4 is 0 Å². The molecule has 0 rings (SSSR count). The van der Waals surface area contributed by atoms with Crippen LogP contribution in [0.4, 0.5) is 0 Å². The summed E-state index contributed by atoms with van der Waals surface area (Å²) in [7, 11) is 0. The Balaban J connectivity index is 3.79. The zero-order valence-electron chi connectivity index (χ0n) is 12.1. The second-order valence-electron chi connectivity index (χ2n) is 6.40. The Labute approximate surface area is 97.8 Å². The Morgan fingerprint density at radius 2 is 1.47 bits per heavy atom. The van der Waals surface area contributed by atoms with Crippen molar-refractivity contribution in [3.63, 3.8) is 0 Å². The zero-order chi connectivity index (χ0) is 12.1. The highest BCUT2D eigenvalue weighted by atomic mass is 14.3. The molecule has 0 aromatic carbocycles. The van der Waals surface area contributed by atoms with Crippen molar-refractivity contribution in [3.05, 3.63) is 0 Å². The van der Waals surface area contributed by atoms with Crippen LogP contribution in [0.2, 0.25) is 0 Å². The molecule has 0 aliphatic rings. The summed E-state index contributed by atoms with van der Waals surface area (Å²) >= 11 is 0. The Morgan fingerprint density at radius 1 is 0.933 bits per heavy atom. The maximum Gasteiger partial charge on any atom is -0.0331 e. The van der Waals surface area contributed by atoms with E-state index in [9.17, 15) is 0 Å². The first-order valence-electron chi connectivity index (χ1n) is 6.81. The molecule has 0 aromatic heterocycles. The van der Waals surface area contributed by atoms with Crippen LogP contribution >= 0.6 is 0 Å². The number of hydrogen-bond donors (Lipinski definition) is 0. The van der Waals surface area contributed by atoms with Crippen molar-refractivity contribution in [3.8, 4) is 0 Å². The molecule has 0 bridgehead atoms. The summed E-state index contributed by atoms with van der Waals surface area (Å²) in [6.45, 7) is 16.6. The van der Waals surface area contributed by atoms with Gasteiger partial charge in [0.05, 0.1) is 0 Å². The first-order chi connectivity index (χ1) is 6.81. The van der Waals surface area contributed by atoms with E-state index >= 15 is 0 Å². The van der Waals surface area contributed by atoms with Gasteiger partial charge in [-0.25, -0.2) is 0 Å². The van der Waals surface area contributed by atoms with Gasteiger partial charge in [-0.15, -0.1) is 0 Å². The molecule has 0 N–H and O–H groups in total. The smallest absolute Gasteiger partial charge is 0.0331 e. The Hall–Kier alpha value is 0. The predicted octanol–water partition coefficient (Wildman–Crippen LogP) is 5.52. The Bertz CT molecular complexity index is 155. The summed E-state index contributed by atoms with van der Waals surface area (Å²) in [5.41, 5.74) is 0.523. The largest absolute Gasteiger partial charge is 0.0651 e. The normalized spacial score (nSPS) is 16.8. The molecule has 0 heteroatoms. The van der Waals surface area contributed by atoms with Gasteiger partial charge in [0, 0.05) is 0 Å². The molecular formula is C15H32. The summed E-state index contributed by atoms with van der Waals surface area (Å²) in [6.07, 6.45) is 5.52. The molecule has 0 amide bonds. The third-order valence-corrected chi connectivity index (χ3v) is 4.66. The van der Waals surface area contributed by atoms with Crippen LogP contribution in [-0.2, 0) is 0 Å². The molecule has 0 saturated carbocycles. The van der Waals surface area contributed by atoms with Gasteiger partial charge in [-0.3, -0.25) is 0 Å². The highest BCUT2D eigenvalue weighted by Crippen LogP contribution is 2.33. The van der Waals surface area contributed by atoms with Crippen molar-refractivity contribution in [2.45, 2.75) is 74.1 Å². The number of rotatable bonds is 7. The fraction of sp³-hybridized carbons (Fsp3) is 1.00. The highest BCUT2D eigenvalue weighted by Gasteiger charge is 2.22. The van der Waals surface area contributed by atoms with Crippen molar-refractivity contribution < 1.29 is 0 Å². The lowest BCUT2D eigenvalue weighted by atomic mass is 9.76. The van der Waals surface area contributed by atoms with E-state index in [4.69, 9.17) is 0 Å². The van der Waals surface area contributed by atoms with Crippen LogP contribution in [-0.4, -0.2) is 0 Å². The lowest BCUT2D eigenvalue weighted by molar-refractivity contribution is 0.210. The van der Waals surface area contributed by atoms with E-state index in [1.54, 1.807) is 0 Å². The third kappa shape index (κ3) is 5.58. The molecule has 0 aromatic rings. The van der Waals surface area contributed by atoms with Gasteiger partial charge in [-0.1, -0.05) is 67.7 Å². The SMILES string of the molecule is CCC(C)C(C)CCCC(C)(C)C(C)C. The summed E-state index contributed by atoms with van der Waals surface area (Å²) in [6, 6.07) is 0. The molecule has 2 atom stereocenters. The minimum Gasteiger partial charge on any atom is -0.0651 e. The highest BCUT2D eigenvalue weighted by molar-refractivity contribution is 4.73. The van der Waals surface area contributed by atoms with Gasteiger partial charge in [0.25, 0.3) is 0 Å². The number of hydrogen-bond acceptors (Lipinski definition) is 0. The summed E-state index contributed by atoms with van der Waals surface area (Å²) < 4.78 is 0. The minimum absolute atomic E-state index is 0.523. The first kappa shape index (κ1) is 15.0. The fourth-order valence-corrected chi connectivity index (χ4v) is 1.86. The molecule has 0 nitrogen and oxygen atoms in total. The molecule has 0 fully saturated rings. The van der Waals surface area contributed by atoms with E-state index in [2.05, 4.69) is 48.5 Å². The molecule has 92 valence electrons. The topological polar surface area (TPSA) is 0 Å². The van der Waals surface area contributed by atoms with Gasteiger partial charge in [0.2, 0.25) is 0 Å². The van der Waals surface area contributed by atoms with E-state index in [1.807, 2.05) is 0 Å². The zero-order valence-corrected chi connectivity index (χ0v) is 12.1. The van der Waals surface area contributed by atoms with E-state index in [1.165, 1.54) is 25.7 Å². The average Bonchev–Trinajstić information content (AvgIpc) is 2.15. The van der Waals surface area contributed by atoms with E-state index < -0.39 is 0 Å². The molecule has 0 saturated heterocycles. The van der Waals surface area contributed by atoms with Crippen molar-refractivity contribution in [1.82, 2.24) is 0 Å². The monoisotopic (exact) mass is 212 g/mol. The van der Waals surface area contributed by atoms with Crippen molar-refractivity contribution in [2.75, 3.05) is 0 Å². The van der Waals surface area contributed by atoms with E-state index in [-0.39, 0.29) is 0 Å². The van der Waals surface area contributed by atoms with Crippen molar-refractivity contribution in [1.29, 1.82) is 0 Å². The second-order valence-corrected chi connectivity index (χ2v) is 6.40. The van der Waals surface area contributed by atoms with Gasteiger partial charge in [-0.05, 0) is 29.6 Å². The molecule has 15 heavy (non-hydrogen) atoms.